The van der Waals surface area contributed by atoms with Gasteiger partial charge in [0.15, 0.2) is 5.69 Å². The van der Waals surface area contributed by atoms with Gasteiger partial charge in [0.2, 0.25) is 0 Å². The number of pyridine rings is 2. The highest BCUT2D eigenvalue weighted by Crippen LogP contribution is 2.08. The van der Waals surface area contributed by atoms with Crippen LogP contribution in [-0.4, -0.2) is 31.6 Å². The minimum Gasteiger partial charge on any atom is -0.348 e. The molecule has 3 aromatic heterocycles. The van der Waals surface area contributed by atoms with Crippen molar-refractivity contribution in [3.8, 4) is 0 Å². The predicted molar refractivity (Wildman–Crippen MR) is 94.0 cm³/mol. The number of aryl methyl sites for hydroxylation is 1. The normalized spacial score (nSPS) is 10.3. The van der Waals surface area contributed by atoms with Gasteiger partial charge in [0.25, 0.3) is 11.8 Å². The van der Waals surface area contributed by atoms with Crippen LogP contribution in [0.5, 0.6) is 0 Å². The molecule has 0 saturated heterocycles. The van der Waals surface area contributed by atoms with E-state index in [1.54, 1.807) is 44.0 Å². The molecule has 2 N–H and O–H groups in total. The fourth-order valence-electron chi connectivity index (χ4n) is 2.37. The van der Waals surface area contributed by atoms with Crippen molar-refractivity contribution in [3.05, 3.63) is 77.6 Å². The first-order chi connectivity index (χ1) is 12.6. The van der Waals surface area contributed by atoms with Crippen molar-refractivity contribution in [1.82, 2.24) is 30.4 Å². The Balaban J connectivity index is 1.66. The van der Waals surface area contributed by atoms with E-state index in [1.165, 1.54) is 10.9 Å². The third-order valence-electron chi connectivity index (χ3n) is 3.64. The maximum absolute atomic E-state index is 12.5. The number of carbonyl (C=O) groups excluding carboxylic acids is 2. The molecule has 0 aromatic carbocycles. The standard InChI is InChI=1S/C18H18N6O2/c1-24-12-15(17(25)21-10-13-4-2-6-19-8-13)16(23-24)18(26)22-11-14-5-3-7-20-9-14/h2-9,12H,10-11H2,1H3,(H,21,25)(H,22,26). The van der Waals surface area contributed by atoms with E-state index in [1.807, 2.05) is 12.1 Å². The first-order valence-electron chi connectivity index (χ1n) is 8.01. The number of nitrogens with one attached hydrogen (secondary N) is 2. The van der Waals surface area contributed by atoms with E-state index < -0.39 is 5.91 Å². The lowest BCUT2D eigenvalue weighted by molar-refractivity contribution is 0.0914. The van der Waals surface area contributed by atoms with Crippen LogP contribution >= 0.6 is 0 Å². The van der Waals surface area contributed by atoms with Crippen molar-refractivity contribution in [3.63, 3.8) is 0 Å². The van der Waals surface area contributed by atoms with Crippen molar-refractivity contribution in [2.24, 2.45) is 7.05 Å². The predicted octanol–water partition coefficient (Wildman–Crippen LogP) is 1.07. The maximum atomic E-state index is 12.5. The Morgan fingerprint density at radius 2 is 1.54 bits per heavy atom. The minimum atomic E-state index is -0.416. The third kappa shape index (κ3) is 4.29. The first kappa shape index (κ1) is 17.3. The molecule has 3 aromatic rings. The van der Waals surface area contributed by atoms with Crippen molar-refractivity contribution >= 4 is 11.8 Å². The largest absolute Gasteiger partial charge is 0.348 e. The second kappa shape index (κ2) is 8.02. The van der Waals surface area contributed by atoms with Crippen LogP contribution in [0.2, 0.25) is 0 Å². The van der Waals surface area contributed by atoms with E-state index in [2.05, 4.69) is 25.7 Å². The van der Waals surface area contributed by atoms with Gasteiger partial charge in [0, 0.05) is 51.1 Å². The number of amides is 2. The molecule has 0 bridgehead atoms. The van der Waals surface area contributed by atoms with E-state index in [-0.39, 0.29) is 17.2 Å². The zero-order valence-corrected chi connectivity index (χ0v) is 14.2. The average Bonchev–Trinajstić information content (AvgIpc) is 3.08. The molecule has 3 heterocycles. The summed E-state index contributed by atoms with van der Waals surface area (Å²) in [5.41, 5.74) is 2.03. The fraction of sp³-hybridized carbons (Fsp3) is 0.167. The molecular weight excluding hydrogens is 332 g/mol. The average molecular weight is 350 g/mol. The van der Waals surface area contributed by atoms with E-state index in [0.717, 1.165) is 11.1 Å². The number of carbonyl (C=O) groups is 2. The summed E-state index contributed by atoms with van der Waals surface area (Å²) < 4.78 is 1.44. The second-order valence-corrected chi connectivity index (χ2v) is 5.65. The van der Waals surface area contributed by atoms with Gasteiger partial charge >= 0.3 is 0 Å². The van der Waals surface area contributed by atoms with E-state index >= 15 is 0 Å². The molecule has 2 amide bonds. The Labute approximate surface area is 150 Å². The van der Waals surface area contributed by atoms with Crippen molar-refractivity contribution in [2.75, 3.05) is 0 Å². The second-order valence-electron chi connectivity index (χ2n) is 5.65. The first-order valence-corrected chi connectivity index (χ1v) is 8.01. The summed E-state index contributed by atoms with van der Waals surface area (Å²) in [6.07, 6.45) is 8.19. The Morgan fingerprint density at radius 3 is 2.08 bits per heavy atom. The highest BCUT2D eigenvalue weighted by Gasteiger charge is 2.21. The minimum absolute atomic E-state index is 0.0834. The summed E-state index contributed by atoms with van der Waals surface area (Å²) >= 11 is 0. The molecule has 132 valence electrons. The van der Waals surface area contributed by atoms with Crippen LogP contribution in [0, 0.1) is 0 Å². The van der Waals surface area contributed by atoms with Gasteiger partial charge in [-0.3, -0.25) is 24.2 Å². The van der Waals surface area contributed by atoms with Gasteiger partial charge in [-0.15, -0.1) is 0 Å². The highest BCUT2D eigenvalue weighted by atomic mass is 16.2. The van der Waals surface area contributed by atoms with Crippen molar-refractivity contribution < 1.29 is 9.59 Å². The summed E-state index contributed by atoms with van der Waals surface area (Å²) in [5, 5.41) is 9.64. The molecule has 0 saturated carbocycles. The Bertz CT molecular complexity index is 820. The van der Waals surface area contributed by atoms with Crippen LogP contribution in [0.3, 0.4) is 0 Å². The Morgan fingerprint density at radius 1 is 0.962 bits per heavy atom. The molecule has 0 aliphatic heterocycles. The van der Waals surface area contributed by atoms with E-state index in [4.69, 9.17) is 0 Å². The zero-order valence-electron chi connectivity index (χ0n) is 14.2. The molecule has 0 atom stereocenters. The lowest BCUT2D eigenvalue weighted by Gasteiger charge is -2.06. The number of rotatable bonds is 6. The molecular formula is C18H18N6O2. The van der Waals surface area contributed by atoms with Gasteiger partial charge in [0.1, 0.15) is 0 Å². The van der Waals surface area contributed by atoms with Crippen molar-refractivity contribution in [2.45, 2.75) is 13.1 Å². The molecule has 26 heavy (non-hydrogen) atoms. The summed E-state index contributed by atoms with van der Waals surface area (Å²) in [6.45, 7) is 0.623. The SMILES string of the molecule is Cn1cc(C(=O)NCc2cccnc2)c(C(=O)NCc2cccnc2)n1. The highest BCUT2D eigenvalue weighted by molar-refractivity contribution is 6.05. The summed E-state index contributed by atoms with van der Waals surface area (Å²) in [4.78, 5) is 32.9. The van der Waals surface area contributed by atoms with E-state index in [0.29, 0.717) is 13.1 Å². The Kier molecular flexibility index (Phi) is 5.33. The summed E-state index contributed by atoms with van der Waals surface area (Å²) in [7, 11) is 1.66. The quantitative estimate of drug-likeness (QED) is 0.692. The van der Waals surface area contributed by atoms with Crippen molar-refractivity contribution in [1.29, 1.82) is 0 Å². The summed E-state index contributed by atoms with van der Waals surface area (Å²) in [5.74, 6) is -0.783. The molecule has 0 aliphatic rings. The lowest BCUT2D eigenvalue weighted by Crippen LogP contribution is -2.28. The molecule has 8 nitrogen and oxygen atoms in total. The number of aromatic nitrogens is 4. The van der Waals surface area contributed by atoms with Gasteiger partial charge < -0.3 is 10.6 Å². The monoisotopic (exact) mass is 350 g/mol. The van der Waals surface area contributed by atoms with Gasteiger partial charge in [0.05, 0.1) is 5.56 Å². The Hall–Kier alpha value is -3.55. The summed E-state index contributed by atoms with van der Waals surface area (Å²) in [6, 6.07) is 7.30. The van der Waals surface area contributed by atoms with Crippen LogP contribution in [0.25, 0.3) is 0 Å². The van der Waals surface area contributed by atoms with Gasteiger partial charge in [-0.2, -0.15) is 5.10 Å². The van der Waals surface area contributed by atoms with E-state index in [9.17, 15) is 9.59 Å². The smallest absolute Gasteiger partial charge is 0.272 e. The van der Waals surface area contributed by atoms with Crippen LogP contribution in [0.15, 0.2) is 55.2 Å². The van der Waals surface area contributed by atoms with Crippen LogP contribution in [-0.2, 0) is 20.1 Å². The topological polar surface area (TPSA) is 102 Å². The van der Waals surface area contributed by atoms with Crippen LogP contribution in [0.4, 0.5) is 0 Å². The fourth-order valence-corrected chi connectivity index (χ4v) is 2.37. The van der Waals surface area contributed by atoms with Gasteiger partial charge in [-0.05, 0) is 23.3 Å². The van der Waals surface area contributed by atoms with Gasteiger partial charge in [-0.1, -0.05) is 12.1 Å². The van der Waals surface area contributed by atoms with Crippen LogP contribution in [0.1, 0.15) is 32.0 Å². The molecule has 0 radical (unpaired) electrons. The zero-order chi connectivity index (χ0) is 18.4. The maximum Gasteiger partial charge on any atom is 0.272 e. The van der Waals surface area contributed by atoms with Gasteiger partial charge in [-0.25, -0.2) is 0 Å². The molecule has 3 rings (SSSR count). The number of hydrogen-bond acceptors (Lipinski definition) is 5. The number of nitrogens with zero attached hydrogens (tertiary/aromatic N) is 4. The molecule has 8 heteroatoms. The lowest BCUT2D eigenvalue weighted by atomic mass is 10.2. The third-order valence-corrected chi connectivity index (χ3v) is 3.64. The van der Waals surface area contributed by atoms with Crippen LogP contribution < -0.4 is 10.6 Å². The molecule has 0 unspecified atom stereocenters. The molecule has 0 aliphatic carbocycles. The molecule has 0 fully saturated rings. The molecule has 0 spiro atoms. The number of hydrogen-bond donors (Lipinski definition) is 2.